The molecule has 1 aliphatic heterocycles. The van der Waals surface area contributed by atoms with E-state index >= 15 is 0 Å². The molecular weight excluding hydrogens is 371 g/mol. The molecule has 1 fully saturated rings. The SMILES string of the molecule is CN1CCc2c(c3cc(Cl)ccc3n2CC(C)(c2ccc(F)cc2)C2CC2)C1. The largest absolute Gasteiger partial charge is 0.343 e. The Bertz CT molecular complexity index is 1030. The zero-order valence-corrected chi connectivity index (χ0v) is 17.3. The van der Waals surface area contributed by atoms with Crippen LogP contribution in [0.1, 0.15) is 36.6 Å². The number of likely N-dealkylation sites (N-methyl/N-ethyl adjacent to an activating group) is 1. The second-order valence-electron chi connectivity index (χ2n) is 8.86. The molecule has 0 radical (unpaired) electrons. The number of nitrogens with zero attached hydrogens (tertiary/aromatic N) is 2. The van der Waals surface area contributed by atoms with Crippen molar-refractivity contribution in [2.45, 2.75) is 44.7 Å². The van der Waals surface area contributed by atoms with Gasteiger partial charge in [0.25, 0.3) is 0 Å². The number of halogens is 2. The molecule has 1 atom stereocenters. The number of benzene rings is 2. The van der Waals surface area contributed by atoms with Crippen LogP contribution in [0.15, 0.2) is 42.5 Å². The van der Waals surface area contributed by atoms with E-state index in [1.807, 2.05) is 18.2 Å². The van der Waals surface area contributed by atoms with Crippen LogP contribution in [0, 0.1) is 11.7 Å². The van der Waals surface area contributed by atoms with Gasteiger partial charge in [-0.25, -0.2) is 4.39 Å². The van der Waals surface area contributed by atoms with E-state index in [1.54, 1.807) is 12.1 Å². The van der Waals surface area contributed by atoms with Gasteiger partial charge in [-0.1, -0.05) is 30.7 Å². The van der Waals surface area contributed by atoms with Gasteiger partial charge in [-0.15, -0.1) is 0 Å². The molecule has 1 unspecified atom stereocenters. The van der Waals surface area contributed by atoms with Crippen molar-refractivity contribution in [3.05, 3.63) is 70.1 Å². The number of aromatic nitrogens is 1. The van der Waals surface area contributed by atoms with Gasteiger partial charge in [0, 0.05) is 53.1 Å². The lowest BCUT2D eigenvalue weighted by Crippen LogP contribution is -2.33. The molecule has 1 saturated carbocycles. The lowest BCUT2D eigenvalue weighted by Gasteiger charge is -2.33. The maximum absolute atomic E-state index is 13.6. The lowest BCUT2D eigenvalue weighted by molar-refractivity contribution is 0.299. The van der Waals surface area contributed by atoms with Crippen LogP contribution in [0.5, 0.6) is 0 Å². The molecule has 5 rings (SSSR count). The molecule has 2 aromatic carbocycles. The monoisotopic (exact) mass is 396 g/mol. The van der Waals surface area contributed by atoms with Gasteiger partial charge in [-0.05, 0) is 67.3 Å². The summed E-state index contributed by atoms with van der Waals surface area (Å²) < 4.78 is 16.1. The van der Waals surface area contributed by atoms with Gasteiger partial charge < -0.3 is 9.47 Å². The molecule has 0 bridgehead atoms. The quantitative estimate of drug-likeness (QED) is 0.541. The predicted molar refractivity (Wildman–Crippen MR) is 113 cm³/mol. The first-order valence-electron chi connectivity index (χ1n) is 10.2. The first kappa shape index (κ1) is 18.2. The van der Waals surface area contributed by atoms with Crippen molar-refractivity contribution < 1.29 is 4.39 Å². The van der Waals surface area contributed by atoms with Gasteiger partial charge in [-0.3, -0.25) is 0 Å². The average molecular weight is 397 g/mol. The molecule has 0 N–H and O–H groups in total. The third kappa shape index (κ3) is 2.96. The topological polar surface area (TPSA) is 8.17 Å². The van der Waals surface area contributed by atoms with E-state index < -0.39 is 0 Å². The van der Waals surface area contributed by atoms with Crippen LogP contribution >= 0.6 is 11.6 Å². The molecule has 1 aliphatic carbocycles. The maximum atomic E-state index is 13.6. The van der Waals surface area contributed by atoms with Gasteiger partial charge >= 0.3 is 0 Å². The fraction of sp³-hybridized carbons (Fsp3) is 0.417. The molecule has 2 aliphatic rings. The molecule has 3 aromatic rings. The van der Waals surface area contributed by atoms with Gasteiger partial charge in [0.15, 0.2) is 0 Å². The fourth-order valence-electron chi connectivity index (χ4n) is 5.07. The van der Waals surface area contributed by atoms with Gasteiger partial charge in [-0.2, -0.15) is 0 Å². The van der Waals surface area contributed by atoms with Crippen LogP contribution in [-0.4, -0.2) is 23.1 Å². The zero-order valence-electron chi connectivity index (χ0n) is 16.5. The zero-order chi connectivity index (χ0) is 19.5. The molecule has 0 saturated heterocycles. The minimum atomic E-state index is -0.164. The molecule has 0 amide bonds. The maximum Gasteiger partial charge on any atom is 0.123 e. The molecule has 146 valence electrons. The summed E-state index contributed by atoms with van der Waals surface area (Å²) in [7, 11) is 2.18. The summed E-state index contributed by atoms with van der Waals surface area (Å²) in [4.78, 5) is 2.38. The van der Waals surface area contributed by atoms with Crippen molar-refractivity contribution in [3.63, 3.8) is 0 Å². The summed E-state index contributed by atoms with van der Waals surface area (Å²) >= 11 is 6.35. The van der Waals surface area contributed by atoms with Crippen molar-refractivity contribution in [2.24, 2.45) is 5.92 Å². The Hall–Kier alpha value is -1.84. The second kappa shape index (κ2) is 6.60. The summed E-state index contributed by atoms with van der Waals surface area (Å²) in [5.74, 6) is 0.494. The van der Waals surface area contributed by atoms with Gasteiger partial charge in [0.2, 0.25) is 0 Å². The van der Waals surface area contributed by atoms with Crippen molar-refractivity contribution in [1.82, 2.24) is 9.47 Å². The van der Waals surface area contributed by atoms with Crippen molar-refractivity contribution in [1.29, 1.82) is 0 Å². The minimum Gasteiger partial charge on any atom is -0.343 e. The molecule has 2 heterocycles. The summed E-state index contributed by atoms with van der Waals surface area (Å²) in [6.45, 7) is 5.34. The Labute approximate surface area is 170 Å². The lowest BCUT2D eigenvalue weighted by atomic mass is 9.77. The average Bonchev–Trinajstić information content (AvgIpc) is 3.49. The van der Waals surface area contributed by atoms with Crippen LogP contribution < -0.4 is 0 Å². The number of rotatable bonds is 4. The Balaban J connectivity index is 1.65. The van der Waals surface area contributed by atoms with Crippen molar-refractivity contribution in [2.75, 3.05) is 13.6 Å². The Kier molecular flexibility index (Phi) is 4.29. The summed E-state index contributed by atoms with van der Waals surface area (Å²) in [6.07, 6.45) is 3.57. The normalized spacial score (nSPS) is 19.6. The molecule has 2 nitrogen and oxygen atoms in total. The Morgan fingerprint density at radius 1 is 1.14 bits per heavy atom. The first-order valence-corrected chi connectivity index (χ1v) is 10.6. The third-order valence-electron chi connectivity index (χ3n) is 6.88. The van der Waals surface area contributed by atoms with Gasteiger partial charge in [0.05, 0.1) is 0 Å². The highest BCUT2D eigenvalue weighted by molar-refractivity contribution is 6.31. The summed E-state index contributed by atoms with van der Waals surface area (Å²) in [6, 6.07) is 13.5. The van der Waals surface area contributed by atoms with E-state index in [2.05, 4.69) is 35.6 Å². The van der Waals surface area contributed by atoms with E-state index in [0.29, 0.717) is 5.92 Å². The standard InChI is InChI=1S/C24H26ClFN2/c1-24(16-3-4-16,17-5-8-19(26)9-6-17)15-28-22-10-7-18(25)13-20(22)21-14-27(2)12-11-23(21)28/h5-10,13,16H,3-4,11-12,14-15H2,1-2H3. The Morgan fingerprint density at radius 3 is 2.61 bits per heavy atom. The fourth-order valence-corrected chi connectivity index (χ4v) is 5.25. The van der Waals surface area contributed by atoms with Crippen molar-refractivity contribution in [3.8, 4) is 0 Å². The molecule has 0 spiro atoms. The Morgan fingerprint density at radius 2 is 1.89 bits per heavy atom. The molecule has 28 heavy (non-hydrogen) atoms. The van der Waals surface area contributed by atoms with Crippen LogP contribution in [0.2, 0.25) is 5.02 Å². The highest BCUT2D eigenvalue weighted by atomic mass is 35.5. The summed E-state index contributed by atoms with van der Waals surface area (Å²) in [5, 5.41) is 2.08. The first-order chi connectivity index (χ1) is 13.5. The number of hydrogen-bond acceptors (Lipinski definition) is 1. The van der Waals surface area contributed by atoms with Crippen LogP contribution in [-0.2, 0) is 24.9 Å². The van der Waals surface area contributed by atoms with Crippen molar-refractivity contribution >= 4 is 22.5 Å². The highest BCUT2D eigenvalue weighted by Crippen LogP contribution is 2.49. The molecule has 4 heteroatoms. The van der Waals surface area contributed by atoms with E-state index in [4.69, 9.17) is 11.6 Å². The molecule has 1 aromatic heterocycles. The predicted octanol–water partition coefficient (Wildman–Crippen LogP) is 5.79. The summed E-state index contributed by atoms with van der Waals surface area (Å²) in [5.41, 5.74) is 5.40. The van der Waals surface area contributed by atoms with E-state index in [-0.39, 0.29) is 11.2 Å². The van der Waals surface area contributed by atoms with E-state index in [9.17, 15) is 4.39 Å². The van der Waals surface area contributed by atoms with Gasteiger partial charge in [0.1, 0.15) is 5.82 Å². The smallest absolute Gasteiger partial charge is 0.123 e. The van der Waals surface area contributed by atoms with Crippen LogP contribution in [0.3, 0.4) is 0 Å². The minimum absolute atomic E-state index is 0.0103. The number of fused-ring (bicyclic) bond motifs is 3. The number of hydrogen-bond donors (Lipinski definition) is 0. The second-order valence-corrected chi connectivity index (χ2v) is 9.30. The van der Waals surface area contributed by atoms with E-state index in [0.717, 1.165) is 31.1 Å². The van der Waals surface area contributed by atoms with Crippen LogP contribution in [0.25, 0.3) is 10.9 Å². The van der Waals surface area contributed by atoms with Crippen LogP contribution in [0.4, 0.5) is 4.39 Å². The highest BCUT2D eigenvalue weighted by Gasteiger charge is 2.43. The molecular formula is C24H26ClFN2. The third-order valence-corrected chi connectivity index (χ3v) is 7.11. The van der Waals surface area contributed by atoms with E-state index in [1.165, 1.54) is 40.6 Å².